The predicted molar refractivity (Wildman–Crippen MR) is 68.8 cm³/mol. The lowest BCUT2D eigenvalue weighted by atomic mass is 10.1. The van der Waals surface area contributed by atoms with Crippen molar-refractivity contribution in [1.29, 1.82) is 5.26 Å². The van der Waals surface area contributed by atoms with Crippen LogP contribution < -0.4 is 10.1 Å². The van der Waals surface area contributed by atoms with Gasteiger partial charge in [0, 0.05) is 0 Å². The summed E-state index contributed by atoms with van der Waals surface area (Å²) in [5.41, 5.74) is 0.954. The molecule has 0 saturated heterocycles. The SMILES string of the molecule is COc1cccc(C(C#N)NCCC(C)C)c1. The van der Waals surface area contributed by atoms with Gasteiger partial charge in [-0.2, -0.15) is 5.26 Å². The second-order valence-corrected chi connectivity index (χ2v) is 4.48. The van der Waals surface area contributed by atoms with Gasteiger partial charge in [-0.05, 0) is 36.6 Å². The molecule has 0 spiro atoms. The van der Waals surface area contributed by atoms with Gasteiger partial charge in [0.15, 0.2) is 0 Å². The Labute approximate surface area is 103 Å². The van der Waals surface area contributed by atoms with E-state index in [9.17, 15) is 0 Å². The first-order valence-electron chi connectivity index (χ1n) is 5.94. The second kappa shape index (κ2) is 6.93. The van der Waals surface area contributed by atoms with Crippen molar-refractivity contribution in [1.82, 2.24) is 5.32 Å². The molecule has 17 heavy (non-hydrogen) atoms. The molecule has 1 aromatic rings. The fraction of sp³-hybridized carbons (Fsp3) is 0.500. The third kappa shape index (κ3) is 4.46. The Balaban J connectivity index is 2.63. The van der Waals surface area contributed by atoms with Gasteiger partial charge in [0.1, 0.15) is 11.8 Å². The smallest absolute Gasteiger partial charge is 0.121 e. The van der Waals surface area contributed by atoms with Crippen molar-refractivity contribution in [2.75, 3.05) is 13.7 Å². The Hall–Kier alpha value is -1.53. The first-order chi connectivity index (χ1) is 8.17. The van der Waals surface area contributed by atoms with Crippen molar-refractivity contribution in [3.05, 3.63) is 29.8 Å². The number of benzene rings is 1. The molecule has 0 heterocycles. The maximum Gasteiger partial charge on any atom is 0.121 e. The molecule has 1 N–H and O–H groups in total. The number of nitrogens with zero attached hydrogens (tertiary/aromatic N) is 1. The van der Waals surface area contributed by atoms with Crippen LogP contribution in [0.25, 0.3) is 0 Å². The molecule has 92 valence electrons. The molecule has 3 nitrogen and oxygen atoms in total. The van der Waals surface area contributed by atoms with Crippen LogP contribution in [0.4, 0.5) is 0 Å². The van der Waals surface area contributed by atoms with Gasteiger partial charge >= 0.3 is 0 Å². The van der Waals surface area contributed by atoms with Crippen molar-refractivity contribution < 1.29 is 4.74 Å². The monoisotopic (exact) mass is 232 g/mol. The van der Waals surface area contributed by atoms with Gasteiger partial charge in [-0.15, -0.1) is 0 Å². The minimum atomic E-state index is -0.260. The van der Waals surface area contributed by atoms with Crippen LogP contribution in [0, 0.1) is 17.2 Å². The topological polar surface area (TPSA) is 45.0 Å². The fourth-order valence-electron chi connectivity index (χ4n) is 1.58. The van der Waals surface area contributed by atoms with E-state index in [1.165, 1.54) is 0 Å². The van der Waals surface area contributed by atoms with Crippen molar-refractivity contribution in [3.8, 4) is 11.8 Å². The van der Waals surface area contributed by atoms with E-state index in [2.05, 4.69) is 25.2 Å². The van der Waals surface area contributed by atoms with Crippen LogP contribution in [0.3, 0.4) is 0 Å². The van der Waals surface area contributed by atoms with Crippen LogP contribution in [-0.2, 0) is 0 Å². The summed E-state index contributed by atoms with van der Waals surface area (Å²) in [5, 5.41) is 12.4. The molecule has 0 saturated carbocycles. The molecule has 0 aromatic heterocycles. The first kappa shape index (κ1) is 13.5. The lowest BCUT2D eigenvalue weighted by Crippen LogP contribution is -2.22. The molecule has 3 heteroatoms. The van der Waals surface area contributed by atoms with E-state index in [4.69, 9.17) is 10.00 Å². The lowest BCUT2D eigenvalue weighted by molar-refractivity contribution is 0.413. The number of ether oxygens (including phenoxy) is 1. The van der Waals surface area contributed by atoms with Crippen LogP contribution >= 0.6 is 0 Å². The average Bonchev–Trinajstić information content (AvgIpc) is 2.34. The van der Waals surface area contributed by atoms with E-state index in [0.717, 1.165) is 24.3 Å². The van der Waals surface area contributed by atoms with Gasteiger partial charge in [-0.3, -0.25) is 5.32 Å². The Morgan fingerprint density at radius 2 is 2.18 bits per heavy atom. The standard InChI is InChI=1S/C14H20N2O/c1-11(2)7-8-16-14(10-15)12-5-4-6-13(9-12)17-3/h4-6,9,11,14,16H,7-8H2,1-3H3. The summed E-state index contributed by atoms with van der Waals surface area (Å²) < 4.78 is 5.16. The van der Waals surface area contributed by atoms with Gasteiger partial charge in [0.25, 0.3) is 0 Å². The van der Waals surface area contributed by atoms with Crippen molar-refractivity contribution in [2.45, 2.75) is 26.3 Å². The summed E-state index contributed by atoms with van der Waals surface area (Å²) >= 11 is 0. The van der Waals surface area contributed by atoms with Crippen molar-refractivity contribution in [2.24, 2.45) is 5.92 Å². The van der Waals surface area contributed by atoms with Crippen molar-refractivity contribution >= 4 is 0 Å². The van der Waals surface area contributed by atoms with Crippen LogP contribution in [-0.4, -0.2) is 13.7 Å². The van der Waals surface area contributed by atoms with Crippen LogP contribution in [0.1, 0.15) is 31.9 Å². The minimum Gasteiger partial charge on any atom is -0.497 e. The molecule has 0 radical (unpaired) electrons. The summed E-state index contributed by atoms with van der Waals surface area (Å²) in [4.78, 5) is 0. The van der Waals surface area contributed by atoms with E-state index in [0.29, 0.717) is 5.92 Å². The maximum absolute atomic E-state index is 9.15. The molecule has 1 rings (SSSR count). The van der Waals surface area contributed by atoms with Crippen molar-refractivity contribution in [3.63, 3.8) is 0 Å². The number of methoxy groups -OCH3 is 1. The third-order valence-electron chi connectivity index (χ3n) is 2.63. The zero-order valence-corrected chi connectivity index (χ0v) is 10.7. The molecule has 1 aromatic carbocycles. The summed E-state index contributed by atoms with van der Waals surface area (Å²) in [6.07, 6.45) is 1.07. The average molecular weight is 232 g/mol. The van der Waals surface area contributed by atoms with E-state index in [1.54, 1.807) is 7.11 Å². The first-order valence-corrected chi connectivity index (χ1v) is 5.94. The predicted octanol–water partition coefficient (Wildman–Crippen LogP) is 2.90. The second-order valence-electron chi connectivity index (χ2n) is 4.48. The van der Waals surface area contributed by atoms with E-state index >= 15 is 0 Å². The number of nitriles is 1. The summed E-state index contributed by atoms with van der Waals surface area (Å²) in [7, 11) is 1.63. The molecule has 0 amide bonds. The van der Waals surface area contributed by atoms with E-state index in [-0.39, 0.29) is 6.04 Å². The molecule has 1 unspecified atom stereocenters. The molecule has 0 aliphatic rings. The molecule has 1 atom stereocenters. The molecular weight excluding hydrogens is 212 g/mol. The van der Waals surface area contributed by atoms with Gasteiger partial charge < -0.3 is 4.74 Å². The molecule has 0 aliphatic carbocycles. The van der Waals surface area contributed by atoms with Gasteiger partial charge in [-0.1, -0.05) is 26.0 Å². The highest BCUT2D eigenvalue weighted by molar-refractivity contribution is 5.32. The molecule has 0 fully saturated rings. The molecular formula is C14H20N2O. The number of hydrogen-bond acceptors (Lipinski definition) is 3. The Morgan fingerprint density at radius 1 is 1.41 bits per heavy atom. The Morgan fingerprint density at radius 3 is 2.76 bits per heavy atom. The summed E-state index contributed by atoms with van der Waals surface area (Å²) in [5.74, 6) is 1.43. The van der Waals surface area contributed by atoms with Gasteiger partial charge in [-0.25, -0.2) is 0 Å². The molecule has 0 aliphatic heterocycles. The quantitative estimate of drug-likeness (QED) is 0.820. The normalized spacial score (nSPS) is 12.2. The lowest BCUT2D eigenvalue weighted by Gasteiger charge is -2.13. The Kier molecular flexibility index (Phi) is 5.51. The maximum atomic E-state index is 9.15. The van der Waals surface area contributed by atoms with E-state index in [1.807, 2.05) is 24.3 Å². The van der Waals surface area contributed by atoms with Crippen LogP contribution in [0.5, 0.6) is 5.75 Å². The number of rotatable bonds is 6. The number of nitrogens with one attached hydrogen (secondary N) is 1. The summed E-state index contributed by atoms with van der Waals surface area (Å²) in [6.45, 7) is 5.20. The third-order valence-corrected chi connectivity index (χ3v) is 2.63. The zero-order chi connectivity index (χ0) is 12.7. The highest BCUT2D eigenvalue weighted by atomic mass is 16.5. The zero-order valence-electron chi connectivity index (χ0n) is 10.7. The fourth-order valence-corrected chi connectivity index (χ4v) is 1.58. The minimum absolute atomic E-state index is 0.260. The van der Waals surface area contributed by atoms with Crippen LogP contribution in [0.15, 0.2) is 24.3 Å². The highest BCUT2D eigenvalue weighted by Crippen LogP contribution is 2.18. The highest BCUT2D eigenvalue weighted by Gasteiger charge is 2.10. The van der Waals surface area contributed by atoms with E-state index < -0.39 is 0 Å². The largest absolute Gasteiger partial charge is 0.497 e. The van der Waals surface area contributed by atoms with Gasteiger partial charge in [0.05, 0.1) is 13.2 Å². The van der Waals surface area contributed by atoms with Crippen LogP contribution in [0.2, 0.25) is 0 Å². The summed E-state index contributed by atoms with van der Waals surface area (Å²) in [6, 6.07) is 9.65. The van der Waals surface area contributed by atoms with Gasteiger partial charge in [0.2, 0.25) is 0 Å². The molecule has 0 bridgehead atoms. The number of hydrogen-bond donors (Lipinski definition) is 1. The Bertz CT molecular complexity index is 382.